The molecule has 0 spiro atoms. The zero-order chi connectivity index (χ0) is 19.6. The Labute approximate surface area is 150 Å². The van der Waals surface area contributed by atoms with E-state index in [1.807, 2.05) is 0 Å². The van der Waals surface area contributed by atoms with Gasteiger partial charge in [-0.05, 0) is 43.5 Å². The van der Waals surface area contributed by atoms with E-state index in [-0.39, 0.29) is 35.6 Å². The third-order valence-electron chi connectivity index (χ3n) is 5.11. The van der Waals surface area contributed by atoms with Crippen molar-refractivity contribution in [3.8, 4) is 11.5 Å². The summed E-state index contributed by atoms with van der Waals surface area (Å²) in [7, 11) is 0. The molecule has 0 fully saturated rings. The van der Waals surface area contributed by atoms with E-state index < -0.39 is 40.8 Å². The van der Waals surface area contributed by atoms with Crippen molar-refractivity contribution in [2.75, 3.05) is 0 Å². The third-order valence-corrected chi connectivity index (χ3v) is 5.11. The maximum absolute atomic E-state index is 14.4. The first-order valence-electron chi connectivity index (χ1n) is 8.12. The SMILES string of the molecule is [C-]#[N+]c1cc(F)cc(Oc2ccc3c4c2CCCC4(O)C(F)(F)C3(F)F)c1. The molecule has 8 heteroatoms. The Balaban J connectivity index is 1.87. The highest BCUT2D eigenvalue weighted by molar-refractivity contribution is 5.58. The molecule has 0 amide bonds. The Morgan fingerprint density at radius 2 is 1.85 bits per heavy atom. The maximum atomic E-state index is 14.4. The van der Waals surface area contributed by atoms with Crippen molar-refractivity contribution in [2.24, 2.45) is 0 Å². The minimum Gasteiger partial charge on any atom is -0.458 e. The molecule has 0 heterocycles. The van der Waals surface area contributed by atoms with Crippen LogP contribution in [0.2, 0.25) is 0 Å². The number of ether oxygens (including phenoxy) is 1. The number of benzene rings is 2. The average Bonchev–Trinajstić information content (AvgIpc) is 2.72. The van der Waals surface area contributed by atoms with Crippen LogP contribution in [0.5, 0.6) is 11.5 Å². The van der Waals surface area contributed by atoms with Gasteiger partial charge in [-0.15, -0.1) is 0 Å². The summed E-state index contributed by atoms with van der Waals surface area (Å²) in [5.74, 6) is -9.98. The second kappa shape index (κ2) is 5.42. The lowest BCUT2D eigenvalue weighted by Crippen LogP contribution is -2.49. The first kappa shape index (κ1) is 17.7. The fourth-order valence-electron chi connectivity index (χ4n) is 3.89. The maximum Gasteiger partial charge on any atom is 0.346 e. The predicted octanol–water partition coefficient (Wildman–Crippen LogP) is 5.43. The van der Waals surface area contributed by atoms with Gasteiger partial charge in [0.2, 0.25) is 0 Å². The second-order valence-electron chi connectivity index (χ2n) is 6.69. The Kier molecular flexibility index (Phi) is 3.56. The smallest absolute Gasteiger partial charge is 0.346 e. The van der Waals surface area contributed by atoms with Gasteiger partial charge in [-0.3, -0.25) is 0 Å². The molecular weight excluding hydrogens is 369 g/mol. The minimum atomic E-state index is -4.65. The van der Waals surface area contributed by atoms with Gasteiger partial charge in [0.1, 0.15) is 17.3 Å². The van der Waals surface area contributed by atoms with Crippen LogP contribution in [0.1, 0.15) is 29.5 Å². The van der Waals surface area contributed by atoms with Crippen LogP contribution in [0.15, 0.2) is 30.3 Å². The van der Waals surface area contributed by atoms with E-state index in [0.717, 1.165) is 24.3 Å². The highest BCUT2D eigenvalue weighted by Gasteiger charge is 2.76. The van der Waals surface area contributed by atoms with E-state index in [1.54, 1.807) is 0 Å². The monoisotopic (exact) mass is 381 g/mol. The first-order valence-corrected chi connectivity index (χ1v) is 8.12. The standard InChI is InChI=1S/C19H12F5NO2/c1-25-11-7-10(20)8-12(9-11)27-15-5-4-14-16-13(15)3-2-6-17(16,26)19(23,24)18(14,21)22/h4-5,7-9,26H,2-3,6H2. The lowest BCUT2D eigenvalue weighted by atomic mass is 9.78. The summed E-state index contributed by atoms with van der Waals surface area (Å²) in [6, 6.07) is 5.14. The van der Waals surface area contributed by atoms with Crippen molar-refractivity contribution in [1.82, 2.24) is 0 Å². The molecule has 0 aliphatic heterocycles. The van der Waals surface area contributed by atoms with Gasteiger partial charge < -0.3 is 9.84 Å². The number of aliphatic hydroxyl groups is 1. The van der Waals surface area contributed by atoms with Gasteiger partial charge in [-0.2, -0.15) is 17.6 Å². The number of hydrogen-bond acceptors (Lipinski definition) is 2. The largest absolute Gasteiger partial charge is 0.458 e. The lowest BCUT2D eigenvalue weighted by Gasteiger charge is -2.36. The molecule has 3 nitrogen and oxygen atoms in total. The first-order chi connectivity index (χ1) is 12.6. The number of nitrogens with zero attached hydrogens (tertiary/aromatic N) is 1. The Morgan fingerprint density at radius 1 is 1.11 bits per heavy atom. The van der Waals surface area contributed by atoms with Crippen LogP contribution in [0.3, 0.4) is 0 Å². The summed E-state index contributed by atoms with van der Waals surface area (Å²) in [6.07, 6.45) is -0.287. The molecule has 2 aliphatic rings. The van der Waals surface area contributed by atoms with Crippen LogP contribution in [0, 0.1) is 12.4 Å². The van der Waals surface area contributed by atoms with Gasteiger partial charge in [0.15, 0.2) is 11.3 Å². The molecule has 2 aromatic carbocycles. The Hall–Kier alpha value is -2.66. The molecule has 0 bridgehead atoms. The van der Waals surface area contributed by atoms with E-state index in [9.17, 15) is 27.1 Å². The van der Waals surface area contributed by atoms with E-state index in [2.05, 4.69) is 4.85 Å². The molecule has 0 aromatic heterocycles. The summed E-state index contributed by atoms with van der Waals surface area (Å²) in [4.78, 5) is 3.10. The van der Waals surface area contributed by atoms with Crippen molar-refractivity contribution in [3.05, 3.63) is 64.3 Å². The molecule has 1 unspecified atom stereocenters. The van der Waals surface area contributed by atoms with Gasteiger partial charge in [0, 0.05) is 22.8 Å². The van der Waals surface area contributed by atoms with Crippen molar-refractivity contribution in [1.29, 1.82) is 0 Å². The van der Waals surface area contributed by atoms with Crippen molar-refractivity contribution < 1.29 is 31.8 Å². The fraction of sp³-hybridized carbons (Fsp3) is 0.316. The van der Waals surface area contributed by atoms with Crippen molar-refractivity contribution >= 4 is 5.69 Å². The van der Waals surface area contributed by atoms with E-state index >= 15 is 0 Å². The number of halogens is 5. The van der Waals surface area contributed by atoms with Crippen LogP contribution in [0.25, 0.3) is 4.85 Å². The second-order valence-corrected chi connectivity index (χ2v) is 6.69. The van der Waals surface area contributed by atoms with Crippen LogP contribution in [0.4, 0.5) is 27.6 Å². The molecule has 4 rings (SSSR count). The van der Waals surface area contributed by atoms with Gasteiger partial charge in [-0.25, -0.2) is 9.24 Å². The average molecular weight is 381 g/mol. The molecule has 2 aliphatic carbocycles. The van der Waals surface area contributed by atoms with E-state index in [4.69, 9.17) is 11.3 Å². The van der Waals surface area contributed by atoms with Crippen LogP contribution >= 0.6 is 0 Å². The van der Waals surface area contributed by atoms with Gasteiger partial charge in [-0.1, -0.05) is 0 Å². The Bertz CT molecular complexity index is 998. The van der Waals surface area contributed by atoms with E-state index in [1.165, 1.54) is 6.07 Å². The molecule has 2 aromatic rings. The molecule has 1 N–H and O–H groups in total. The predicted molar refractivity (Wildman–Crippen MR) is 84.9 cm³/mol. The molecule has 0 saturated heterocycles. The summed E-state index contributed by atoms with van der Waals surface area (Å²) < 4.78 is 76.4. The minimum absolute atomic E-state index is 0.0260. The lowest BCUT2D eigenvalue weighted by molar-refractivity contribution is -0.288. The zero-order valence-electron chi connectivity index (χ0n) is 13.7. The summed E-state index contributed by atoms with van der Waals surface area (Å²) >= 11 is 0. The summed E-state index contributed by atoms with van der Waals surface area (Å²) in [6.45, 7) is 6.95. The van der Waals surface area contributed by atoms with Gasteiger partial charge in [0.25, 0.3) is 0 Å². The summed E-state index contributed by atoms with van der Waals surface area (Å²) in [5.41, 5.74) is -4.40. The van der Waals surface area contributed by atoms with Crippen LogP contribution < -0.4 is 4.74 Å². The number of rotatable bonds is 2. The topological polar surface area (TPSA) is 33.8 Å². The van der Waals surface area contributed by atoms with Crippen LogP contribution in [-0.4, -0.2) is 11.0 Å². The summed E-state index contributed by atoms with van der Waals surface area (Å²) in [5, 5.41) is 10.5. The molecular formula is C19H12F5NO2. The Morgan fingerprint density at radius 3 is 2.56 bits per heavy atom. The molecule has 0 radical (unpaired) electrons. The molecule has 27 heavy (non-hydrogen) atoms. The zero-order valence-corrected chi connectivity index (χ0v) is 13.7. The van der Waals surface area contributed by atoms with Gasteiger partial charge in [0.05, 0.1) is 6.57 Å². The van der Waals surface area contributed by atoms with E-state index in [0.29, 0.717) is 0 Å². The quantitative estimate of drug-likeness (QED) is 0.556. The molecule has 140 valence electrons. The van der Waals surface area contributed by atoms with Crippen molar-refractivity contribution in [3.63, 3.8) is 0 Å². The van der Waals surface area contributed by atoms with Crippen molar-refractivity contribution in [2.45, 2.75) is 36.7 Å². The number of hydrogen-bond donors (Lipinski definition) is 1. The highest BCUT2D eigenvalue weighted by atomic mass is 19.3. The van der Waals surface area contributed by atoms with Gasteiger partial charge >= 0.3 is 11.8 Å². The molecule has 0 saturated carbocycles. The normalized spacial score (nSPS) is 24.2. The van der Waals surface area contributed by atoms with Crippen LogP contribution in [-0.2, 0) is 17.9 Å². The highest BCUT2D eigenvalue weighted by Crippen LogP contribution is 2.65. The fourth-order valence-corrected chi connectivity index (χ4v) is 3.89. The number of alkyl halides is 4. The molecule has 1 atom stereocenters. The third kappa shape index (κ3) is 2.21.